The minimum atomic E-state index is -0.208. The molecule has 0 aliphatic carbocycles. The molecule has 0 aromatic heterocycles. The van der Waals surface area contributed by atoms with Gasteiger partial charge in [-0.1, -0.05) is 13.3 Å². The van der Waals surface area contributed by atoms with Crippen molar-refractivity contribution in [3.63, 3.8) is 0 Å². The second-order valence-corrected chi connectivity index (χ2v) is 8.34. The zero-order valence-corrected chi connectivity index (χ0v) is 20.0. The van der Waals surface area contributed by atoms with Crippen LogP contribution < -0.4 is 15.1 Å². The highest BCUT2D eigenvalue weighted by atomic mass is 16.5. The number of unbranched alkanes of at least 4 members (excludes halogenated alkanes) is 1. The Morgan fingerprint density at radius 2 is 1.67 bits per heavy atom. The lowest BCUT2D eigenvalue weighted by Gasteiger charge is -2.29. The normalized spacial score (nSPS) is 13.5. The third kappa shape index (κ3) is 6.96. The molecular formula is C26H36N4O3. The van der Waals surface area contributed by atoms with E-state index in [0.717, 1.165) is 62.8 Å². The van der Waals surface area contributed by atoms with Gasteiger partial charge in [-0.2, -0.15) is 0 Å². The lowest BCUT2D eigenvalue weighted by molar-refractivity contribution is -0.116. The molecule has 0 bridgehead atoms. The molecule has 0 atom stereocenters. The fourth-order valence-electron chi connectivity index (χ4n) is 3.84. The Balaban J connectivity index is 1.55. The molecule has 7 nitrogen and oxygen atoms in total. The van der Waals surface area contributed by atoms with E-state index >= 15 is 0 Å². The molecule has 2 aromatic carbocycles. The molecule has 1 N–H and O–H groups in total. The molecule has 1 aliphatic rings. The average molecular weight is 453 g/mol. The SMILES string of the molecule is CCCCN(C)c1ccc(C(=O)N(CC)CC(=O)Nc2ccc(N3CCOCC3)cc2)cc1. The van der Waals surface area contributed by atoms with Crippen LogP contribution in [0.5, 0.6) is 0 Å². The highest BCUT2D eigenvalue weighted by molar-refractivity contribution is 5.99. The molecule has 178 valence electrons. The molecule has 1 fully saturated rings. The smallest absolute Gasteiger partial charge is 0.254 e. The van der Waals surface area contributed by atoms with E-state index in [1.54, 1.807) is 4.90 Å². The molecule has 0 spiro atoms. The van der Waals surface area contributed by atoms with Crippen molar-refractivity contribution in [2.24, 2.45) is 0 Å². The van der Waals surface area contributed by atoms with E-state index in [-0.39, 0.29) is 18.4 Å². The Labute approximate surface area is 197 Å². The van der Waals surface area contributed by atoms with Gasteiger partial charge in [0.2, 0.25) is 5.91 Å². The third-order valence-corrected chi connectivity index (χ3v) is 5.93. The molecule has 2 amide bonds. The summed E-state index contributed by atoms with van der Waals surface area (Å²) in [7, 11) is 2.06. The predicted octanol–water partition coefficient (Wildman–Crippen LogP) is 3.86. The van der Waals surface area contributed by atoms with Gasteiger partial charge in [0.15, 0.2) is 0 Å². The second-order valence-electron chi connectivity index (χ2n) is 8.34. The Morgan fingerprint density at radius 1 is 1.00 bits per heavy atom. The van der Waals surface area contributed by atoms with Crippen molar-refractivity contribution in [2.75, 3.05) is 68.1 Å². The van der Waals surface area contributed by atoms with Gasteiger partial charge in [-0.15, -0.1) is 0 Å². The molecule has 1 saturated heterocycles. The highest BCUT2D eigenvalue weighted by Crippen LogP contribution is 2.19. The summed E-state index contributed by atoms with van der Waals surface area (Å²) in [6.45, 7) is 8.72. The fourth-order valence-corrected chi connectivity index (χ4v) is 3.84. The van der Waals surface area contributed by atoms with E-state index in [1.807, 2.05) is 55.5 Å². The van der Waals surface area contributed by atoms with Crippen LogP contribution in [-0.2, 0) is 9.53 Å². The maximum Gasteiger partial charge on any atom is 0.254 e. The van der Waals surface area contributed by atoms with Crippen LogP contribution in [0.25, 0.3) is 0 Å². The first-order valence-electron chi connectivity index (χ1n) is 11.8. The first-order valence-corrected chi connectivity index (χ1v) is 11.8. The largest absolute Gasteiger partial charge is 0.378 e. The number of morpholine rings is 1. The van der Waals surface area contributed by atoms with Gasteiger partial charge in [-0.05, 0) is 61.9 Å². The molecule has 0 unspecified atom stereocenters. The van der Waals surface area contributed by atoms with Crippen LogP contribution >= 0.6 is 0 Å². The Kier molecular flexibility index (Phi) is 9.13. The second kappa shape index (κ2) is 12.3. The van der Waals surface area contributed by atoms with Crippen molar-refractivity contribution in [1.82, 2.24) is 4.90 Å². The number of anilines is 3. The van der Waals surface area contributed by atoms with E-state index in [0.29, 0.717) is 12.1 Å². The number of amides is 2. The summed E-state index contributed by atoms with van der Waals surface area (Å²) in [6.07, 6.45) is 2.28. The molecule has 2 aromatic rings. The minimum absolute atomic E-state index is 0.0126. The van der Waals surface area contributed by atoms with Gasteiger partial charge >= 0.3 is 0 Å². The first kappa shape index (κ1) is 24.6. The van der Waals surface area contributed by atoms with Crippen LogP contribution in [0.2, 0.25) is 0 Å². The maximum absolute atomic E-state index is 13.0. The monoisotopic (exact) mass is 452 g/mol. The van der Waals surface area contributed by atoms with Gasteiger partial charge in [-0.25, -0.2) is 0 Å². The van der Waals surface area contributed by atoms with Gasteiger partial charge in [0.1, 0.15) is 6.54 Å². The summed E-state index contributed by atoms with van der Waals surface area (Å²) in [5.41, 5.74) is 3.51. The van der Waals surface area contributed by atoms with Crippen LogP contribution in [0.4, 0.5) is 17.1 Å². The Bertz CT molecular complexity index is 893. The summed E-state index contributed by atoms with van der Waals surface area (Å²) >= 11 is 0. The van der Waals surface area contributed by atoms with Gasteiger partial charge in [0.05, 0.1) is 13.2 Å². The number of nitrogens with one attached hydrogen (secondary N) is 1. The van der Waals surface area contributed by atoms with Gasteiger partial charge in [0, 0.05) is 55.9 Å². The topological polar surface area (TPSA) is 65.1 Å². The van der Waals surface area contributed by atoms with E-state index in [2.05, 4.69) is 29.1 Å². The number of likely N-dealkylation sites (N-methyl/N-ethyl adjacent to an activating group) is 1. The number of hydrogen-bond donors (Lipinski definition) is 1. The van der Waals surface area contributed by atoms with E-state index < -0.39 is 0 Å². The van der Waals surface area contributed by atoms with Crippen molar-refractivity contribution in [1.29, 1.82) is 0 Å². The van der Waals surface area contributed by atoms with Crippen LogP contribution in [-0.4, -0.2) is 69.7 Å². The predicted molar refractivity (Wildman–Crippen MR) is 134 cm³/mol. The number of benzene rings is 2. The molecule has 3 rings (SSSR count). The summed E-state index contributed by atoms with van der Waals surface area (Å²) in [4.78, 5) is 31.6. The van der Waals surface area contributed by atoms with Crippen molar-refractivity contribution in [3.05, 3.63) is 54.1 Å². The quantitative estimate of drug-likeness (QED) is 0.593. The number of carbonyl (C=O) groups is 2. The molecule has 1 aliphatic heterocycles. The molecule has 33 heavy (non-hydrogen) atoms. The molecular weight excluding hydrogens is 416 g/mol. The zero-order valence-electron chi connectivity index (χ0n) is 20.0. The van der Waals surface area contributed by atoms with Crippen LogP contribution in [0.15, 0.2) is 48.5 Å². The number of rotatable bonds is 10. The first-order chi connectivity index (χ1) is 16.0. The van der Waals surface area contributed by atoms with Crippen LogP contribution in [0, 0.1) is 0 Å². The fraction of sp³-hybridized carbons (Fsp3) is 0.462. The average Bonchev–Trinajstić information content (AvgIpc) is 2.86. The standard InChI is InChI=1S/C26H36N4O3/c1-4-6-15-28(3)23-11-7-21(8-12-23)26(32)29(5-2)20-25(31)27-22-9-13-24(14-10-22)30-16-18-33-19-17-30/h7-14H,4-6,15-20H2,1-3H3,(H,27,31). The van der Waals surface area contributed by atoms with Gasteiger partial charge < -0.3 is 24.8 Å². The van der Waals surface area contributed by atoms with E-state index in [1.165, 1.54) is 0 Å². The minimum Gasteiger partial charge on any atom is -0.378 e. The molecule has 7 heteroatoms. The van der Waals surface area contributed by atoms with E-state index in [9.17, 15) is 9.59 Å². The zero-order chi connectivity index (χ0) is 23.6. The summed E-state index contributed by atoms with van der Waals surface area (Å²) in [5.74, 6) is -0.349. The summed E-state index contributed by atoms with van der Waals surface area (Å²) in [6, 6.07) is 15.4. The van der Waals surface area contributed by atoms with Crippen molar-refractivity contribution in [2.45, 2.75) is 26.7 Å². The number of hydrogen-bond acceptors (Lipinski definition) is 5. The van der Waals surface area contributed by atoms with Gasteiger partial charge in [-0.3, -0.25) is 9.59 Å². The Morgan fingerprint density at radius 3 is 2.27 bits per heavy atom. The Hall–Kier alpha value is -3.06. The lowest BCUT2D eigenvalue weighted by atomic mass is 10.1. The third-order valence-electron chi connectivity index (χ3n) is 5.93. The molecule has 0 saturated carbocycles. The van der Waals surface area contributed by atoms with E-state index in [4.69, 9.17) is 4.74 Å². The van der Waals surface area contributed by atoms with Crippen molar-refractivity contribution >= 4 is 28.9 Å². The van der Waals surface area contributed by atoms with Crippen molar-refractivity contribution < 1.29 is 14.3 Å². The lowest BCUT2D eigenvalue weighted by Crippen LogP contribution is -2.38. The number of nitrogens with zero attached hydrogens (tertiary/aromatic N) is 3. The van der Waals surface area contributed by atoms with Crippen LogP contribution in [0.3, 0.4) is 0 Å². The molecule has 1 heterocycles. The molecule has 0 radical (unpaired) electrons. The summed E-state index contributed by atoms with van der Waals surface area (Å²) in [5, 5.41) is 2.90. The number of ether oxygens (including phenoxy) is 1. The van der Waals surface area contributed by atoms with Crippen LogP contribution in [0.1, 0.15) is 37.0 Å². The van der Waals surface area contributed by atoms with Crippen molar-refractivity contribution in [3.8, 4) is 0 Å². The highest BCUT2D eigenvalue weighted by Gasteiger charge is 2.18. The van der Waals surface area contributed by atoms with Gasteiger partial charge in [0.25, 0.3) is 5.91 Å². The maximum atomic E-state index is 13.0. The summed E-state index contributed by atoms with van der Waals surface area (Å²) < 4.78 is 5.39. The number of carbonyl (C=O) groups excluding carboxylic acids is 2.